The summed E-state index contributed by atoms with van der Waals surface area (Å²) in [6.07, 6.45) is 7.85. The molecule has 0 atom stereocenters. The molecule has 15 aromatic carbocycles. The molecular formula is C107H73N9. The minimum atomic E-state index is 0.484. The summed E-state index contributed by atoms with van der Waals surface area (Å²) in [6, 6.07) is 126. The first-order valence-electron chi connectivity index (χ1n) is 39.6. The Kier molecular flexibility index (Phi) is 15.9. The third-order valence-electron chi connectivity index (χ3n) is 23.8. The molecule has 0 spiro atoms. The summed E-state index contributed by atoms with van der Waals surface area (Å²) in [5, 5.41) is 9.17. The van der Waals surface area contributed by atoms with Crippen LogP contribution in [0.3, 0.4) is 0 Å². The van der Waals surface area contributed by atoms with E-state index in [1.165, 1.54) is 66.4 Å². The second-order valence-electron chi connectivity index (χ2n) is 30.5. The van der Waals surface area contributed by atoms with E-state index in [0.717, 1.165) is 149 Å². The Morgan fingerprint density at radius 1 is 0.181 bits per heavy atom. The molecule has 0 amide bonds. The summed E-state index contributed by atoms with van der Waals surface area (Å²) in [4.78, 5) is 27.6. The van der Waals surface area contributed by atoms with Gasteiger partial charge in [0.05, 0.1) is 66.9 Å². The molecule has 0 fully saturated rings. The average molecular weight is 1480 g/mol. The fraction of sp³-hybridized carbons (Fsp3) is 0.0374. The van der Waals surface area contributed by atoms with Gasteiger partial charge in [-0.15, -0.1) is 0 Å². The summed E-state index contributed by atoms with van der Waals surface area (Å²) in [5.74, 6) is 1.49. The van der Waals surface area contributed by atoms with Crippen LogP contribution in [0.15, 0.2) is 371 Å². The quantitative estimate of drug-likeness (QED) is 0.115. The molecule has 7 aromatic heterocycles. The molecule has 546 valence electrons. The van der Waals surface area contributed by atoms with E-state index in [2.05, 4.69) is 386 Å². The first-order valence-corrected chi connectivity index (χ1v) is 39.6. The first-order chi connectivity index (χ1) is 57.2. The van der Waals surface area contributed by atoms with Crippen molar-refractivity contribution in [1.29, 1.82) is 0 Å². The molecule has 0 aliphatic heterocycles. The number of hydrogen-bond donors (Lipinski definition) is 0. The molecule has 0 N–H and O–H groups in total. The van der Waals surface area contributed by atoms with Crippen LogP contribution in [0.4, 0.5) is 0 Å². The van der Waals surface area contributed by atoms with Gasteiger partial charge in [0.1, 0.15) is 0 Å². The molecule has 0 aliphatic rings. The zero-order chi connectivity index (χ0) is 77.2. The van der Waals surface area contributed by atoms with Gasteiger partial charge in [-0.25, -0.2) is 15.0 Å². The van der Waals surface area contributed by atoms with Crippen LogP contribution in [0.1, 0.15) is 22.3 Å². The third-order valence-corrected chi connectivity index (χ3v) is 23.8. The van der Waals surface area contributed by atoms with Gasteiger partial charge in [-0.1, -0.05) is 237 Å². The van der Waals surface area contributed by atoms with Gasteiger partial charge >= 0.3 is 0 Å². The predicted octanol–water partition coefficient (Wildman–Crippen LogP) is 27.3. The number of rotatable bonds is 13. The van der Waals surface area contributed by atoms with Crippen molar-refractivity contribution in [2.24, 2.45) is 0 Å². The van der Waals surface area contributed by atoms with Gasteiger partial charge in [-0.3, -0.25) is 9.97 Å². The summed E-state index contributed by atoms with van der Waals surface area (Å²) >= 11 is 0. The topological polar surface area (TPSA) is 84.2 Å². The molecule has 0 saturated carbocycles. The maximum atomic E-state index is 6.05. The number of nitrogens with zero attached hydrogens (tertiary/aromatic N) is 9. The van der Waals surface area contributed by atoms with Crippen molar-refractivity contribution in [2.45, 2.75) is 27.7 Å². The number of aromatic nitrogens is 9. The third kappa shape index (κ3) is 11.0. The lowest BCUT2D eigenvalue weighted by Crippen LogP contribution is -2.06. The van der Waals surface area contributed by atoms with Crippen LogP contribution in [0.25, 0.3) is 211 Å². The zero-order valence-electron chi connectivity index (χ0n) is 64.2. The Morgan fingerprint density at radius 2 is 0.440 bits per heavy atom. The second kappa shape index (κ2) is 27.3. The van der Waals surface area contributed by atoms with Gasteiger partial charge in [0.25, 0.3) is 0 Å². The number of benzene rings is 15. The van der Waals surface area contributed by atoms with Gasteiger partial charge in [-0.2, -0.15) is 0 Å². The average Bonchev–Trinajstić information content (AvgIpc) is 1.50. The van der Waals surface area contributed by atoms with Crippen LogP contribution in [-0.4, -0.2) is 43.2 Å². The van der Waals surface area contributed by atoms with Crippen LogP contribution in [0, 0.1) is 27.7 Å². The van der Waals surface area contributed by atoms with Crippen molar-refractivity contribution in [2.75, 3.05) is 0 Å². The standard InChI is InChI=1S/C107H73N9/c1-66-24-8-12-30-77(66)71-42-48-97-85(58-71)81-34-16-20-38-93(81)113(97)101-52-46-75(91-64-108-56-54-103(91)115-95-40-22-18-36-83(95)87-60-73(44-50-99(87)115)79-32-14-10-26-68(79)3)62-89(101)106-110-105(70-28-6-5-7-29-70)111-107(112-106)90-63-76(47-53-102(90)114-94-39-21-17-35-82(94)86-59-72(43-49-98(86)114)78-31-13-9-25-67(78)2)92-65-109-57-55-104(92)116-96-41-23-19-37-84(96)88-61-74(45-51-100(88)116)80-33-15-11-27-69(80)4/h5-65H,1-4H3. The van der Waals surface area contributed by atoms with Crippen LogP contribution in [-0.2, 0) is 0 Å². The van der Waals surface area contributed by atoms with Crippen molar-refractivity contribution < 1.29 is 0 Å². The Hall–Kier alpha value is -15.2. The molecular weight excluding hydrogens is 1410 g/mol. The molecule has 0 saturated heterocycles. The summed E-state index contributed by atoms with van der Waals surface area (Å²) in [6.45, 7) is 8.76. The molecule has 116 heavy (non-hydrogen) atoms. The SMILES string of the molecule is Cc1ccccc1-c1ccc2c(c1)c1ccccc1n2-c1ccncc1-c1ccc(-n2c3ccccc3c3cc(-c4ccccc4C)ccc32)c(-c2nc(-c3ccccc3)nc(-c3cc(-c4cnccc4-n4c5ccccc5c5cc(-c6ccccc6C)ccc54)ccc3-n3c4ccccc4c4cc(-c5ccccc5C)ccc43)n2)c1. The lowest BCUT2D eigenvalue weighted by atomic mass is 9.98. The Morgan fingerprint density at radius 3 is 0.767 bits per heavy atom. The number of fused-ring (bicyclic) bond motifs is 12. The van der Waals surface area contributed by atoms with E-state index < -0.39 is 0 Å². The Labute approximate surface area is 670 Å². The number of para-hydroxylation sites is 4. The summed E-state index contributed by atoms with van der Waals surface area (Å²) < 4.78 is 9.65. The number of aryl methyl sites for hydroxylation is 4. The molecule has 22 aromatic rings. The van der Waals surface area contributed by atoms with Gasteiger partial charge in [-0.05, 0) is 215 Å². The highest BCUT2D eigenvalue weighted by Crippen LogP contribution is 2.47. The first kappa shape index (κ1) is 67.7. The van der Waals surface area contributed by atoms with Crippen molar-refractivity contribution in [1.82, 2.24) is 43.2 Å². The molecule has 9 nitrogen and oxygen atoms in total. The van der Waals surface area contributed by atoms with Gasteiger partial charge < -0.3 is 18.3 Å². The van der Waals surface area contributed by atoms with E-state index >= 15 is 0 Å². The largest absolute Gasteiger partial charge is 0.309 e. The van der Waals surface area contributed by atoms with E-state index in [4.69, 9.17) is 24.9 Å². The molecule has 9 heteroatoms. The van der Waals surface area contributed by atoms with E-state index in [9.17, 15) is 0 Å². The molecule has 22 rings (SSSR count). The maximum Gasteiger partial charge on any atom is 0.166 e. The van der Waals surface area contributed by atoms with E-state index in [1.807, 2.05) is 30.9 Å². The monoisotopic (exact) mass is 1480 g/mol. The van der Waals surface area contributed by atoms with Gasteiger partial charge in [0.15, 0.2) is 17.5 Å². The highest BCUT2D eigenvalue weighted by Gasteiger charge is 2.28. The number of pyridine rings is 2. The van der Waals surface area contributed by atoms with Crippen LogP contribution < -0.4 is 0 Å². The lowest BCUT2D eigenvalue weighted by molar-refractivity contribution is 1.06. The zero-order valence-corrected chi connectivity index (χ0v) is 64.2. The van der Waals surface area contributed by atoms with Crippen molar-refractivity contribution >= 4 is 87.2 Å². The van der Waals surface area contributed by atoms with Gasteiger partial charge in [0.2, 0.25) is 0 Å². The number of hydrogen-bond acceptors (Lipinski definition) is 5. The normalized spacial score (nSPS) is 11.8. The highest BCUT2D eigenvalue weighted by molar-refractivity contribution is 6.15. The van der Waals surface area contributed by atoms with Gasteiger partial charge in [0, 0.05) is 95.7 Å². The van der Waals surface area contributed by atoms with Crippen molar-refractivity contribution in [3.63, 3.8) is 0 Å². The van der Waals surface area contributed by atoms with Crippen molar-refractivity contribution in [3.05, 3.63) is 393 Å². The molecule has 0 bridgehead atoms. The Bertz CT molecular complexity index is 7340. The van der Waals surface area contributed by atoms with Crippen LogP contribution in [0.2, 0.25) is 0 Å². The summed E-state index contributed by atoms with van der Waals surface area (Å²) in [7, 11) is 0. The van der Waals surface area contributed by atoms with Crippen LogP contribution >= 0.6 is 0 Å². The molecule has 0 radical (unpaired) electrons. The maximum absolute atomic E-state index is 6.05. The molecule has 0 unspecified atom stereocenters. The van der Waals surface area contributed by atoms with E-state index in [0.29, 0.717) is 17.5 Å². The van der Waals surface area contributed by atoms with Crippen LogP contribution in [0.5, 0.6) is 0 Å². The summed E-state index contributed by atoms with van der Waals surface area (Å²) in [5.41, 5.74) is 32.8. The molecule has 0 aliphatic carbocycles. The minimum absolute atomic E-state index is 0.484. The van der Waals surface area contributed by atoms with E-state index in [-0.39, 0.29) is 0 Å². The minimum Gasteiger partial charge on any atom is -0.309 e. The highest BCUT2D eigenvalue weighted by atomic mass is 15.1. The smallest absolute Gasteiger partial charge is 0.166 e. The lowest BCUT2D eigenvalue weighted by Gasteiger charge is -2.19. The Balaban J connectivity index is 0.816. The fourth-order valence-electron chi connectivity index (χ4n) is 18.3. The predicted molar refractivity (Wildman–Crippen MR) is 481 cm³/mol. The second-order valence-corrected chi connectivity index (χ2v) is 30.5. The fourth-order valence-corrected chi connectivity index (χ4v) is 18.3. The van der Waals surface area contributed by atoms with E-state index in [1.54, 1.807) is 0 Å². The van der Waals surface area contributed by atoms with Crippen molar-refractivity contribution in [3.8, 4) is 124 Å². The molecule has 7 heterocycles.